The zero-order valence-electron chi connectivity index (χ0n) is 9.65. The first-order chi connectivity index (χ1) is 8.08. The summed E-state index contributed by atoms with van der Waals surface area (Å²) in [6.45, 7) is 3.62. The molecule has 0 radical (unpaired) electrons. The number of carbonyl (C=O) groups is 1. The highest BCUT2D eigenvalue weighted by atomic mass is 16.3. The van der Waals surface area contributed by atoms with E-state index in [1.165, 1.54) is 12.3 Å². The van der Waals surface area contributed by atoms with Gasteiger partial charge >= 0.3 is 0 Å². The number of hydrogen-bond donors (Lipinski definition) is 2. The van der Waals surface area contributed by atoms with Crippen LogP contribution in [0.5, 0.6) is 5.75 Å². The largest absolute Gasteiger partial charge is 0.508 e. The fraction of sp³-hybridized carbons (Fsp3) is 0.154. The van der Waals surface area contributed by atoms with Crippen molar-refractivity contribution in [3.63, 3.8) is 0 Å². The van der Waals surface area contributed by atoms with Crippen molar-refractivity contribution < 1.29 is 14.3 Å². The van der Waals surface area contributed by atoms with Gasteiger partial charge in [0.05, 0.1) is 6.26 Å². The average Bonchev–Trinajstić information content (AvgIpc) is 2.68. The Balaban J connectivity index is 2.22. The Labute approximate surface area is 98.9 Å². The van der Waals surface area contributed by atoms with Gasteiger partial charge in [0.1, 0.15) is 5.75 Å². The lowest BCUT2D eigenvalue weighted by atomic mass is 10.2. The van der Waals surface area contributed by atoms with Gasteiger partial charge in [0.25, 0.3) is 5.91 Å². The van der Waals surface area contributed by atoms with Crippen LogP contribution >= 0.6 is 0 Å². The normalized spacial score (nSPS) is 10.2. The number of aromatic hydroxyl groups is 1. The maximum atomic E-state index is 11.9. The Morgan fingerprint density at radius 3 is 2.59 bits per heavy atom. The van der Waals surface area contributed by atoms with Gasteiger partial charge in [-0.2, -0.15) is 0 Å². The standard InChI is InChI=1S/C13H13NO3/c1-8-5-6-17-12(8)13(16)14-11-4-3-10(15)7-9(11)2/h3-7,15H,1-2H3,(H,14,16). The van der Waals surface area contributed by atoms with Crippen molar-refractivity contribution in [1.29, 1.82) is 0 Å². The molecule has 0 aliphatic rings. The second kappa shape index (κ2) is 4.33. The predicted octanol–water partition coefficient (Wildman–Crippen LogP) is 2.85. The Morgan fingerprint density at radius 1 is 1.24 bits per heavy atom. The van der Waals surface area contributed by atoms with Crippen LogP contribution in [0.1, 0.15) is 21.7 Å². The fourth-order valence-corrected chi connectivity index (χ4v) is 1.57. The number of hydrogen-bond acceptors (Lipinski definition) is 3. The van der Waals surface area contributed by atoms with Gasteiger partial charge in [0.2, 0.25) is 0 Å². The minimum atomic E-state index is -0.290. The molecule has 0 saturated carbocycles. The molecule has 0 atom stereocenters. The first-order valence-electron chi connectivity index (χ1n) is 5.23. The smallest absolute Gasteiger partial charge is 0.291 e. The van der Waals surface area contributed by atoms with Crippen molar-refractivity contribution in [2.45, 2.75) is 13.8 Å². The zero-order valence-corrected chi connectivity index (χ0v) is 9.65. The number of benzene rings is 1. The highest BCUT2D eigenvalue weighted by molar-refractivity contribution is 6.03. The minimum Gasteiger partial charge on any atom is -0.508 e. The van der Waals surface area contributed by atoms with Crippen molar-refractivity contribution in [3.8, 4) is 5.75 Å². The van der Waals surface area contributed by atoms with Crippen LogP contribution in [0, 0.1) is 13.8 Å². The van der Waals surface area contributed by atoms with Crippen molar-refractivity contribution in [2.24, 2.45) is 0 Å². The first kappa shape index (κ1) is 11.3. The second-order valence-corrected chi connectivity index (χ2v) is 3.89. The molecule has 4 heteroatoms. The van der Waals surface area contributed by atoms with Crippen molar-refractivity contribution in [1.82, 2.24) is 0 Å². The van der Waals surface area contributed by atoms with E-state index >= 15 is 0 Å². The maximum absolute atomic E-state index is 11.9. The molecule has 0 saturated heterocycles. The monoisotopic (exact) mass is 231 g/mol. The topological polar surface area (TPSA) is 62.5 Å². The summed E-state index contributed by atoms with van der Waals surface area (Å²) < 4.78 is 5.10. The van der Waals surface area contributed by atoms with Gasteiger partial charge in [0.15, 0.2) is 5.76 Å². The summed E-state index contributed by atoms with van der Waals surface area (Å²) in [6, 6.07) is 6.50. The highest BCUT2D eigenvalue weighted by Gasteiger charge is 2.13. The SMILES string of the molecule is Cc1cc(O)ccc1NC(=O)c1occc1C. The summed E-state index contributed by atoms with van der Waals surface area (Å²) in [4.78, 5) is 11.9. The zero-order chi connectivity index (χ0) is 12.4. The van der Waals surface area contributed by atoms with Crippen LogP contribution in [-0.4, -0.2) is 11.0 Å². The molecule has 0 unspecified atom stereocenters. The van der Waals surface area contributed by atoms with E-state index in [0.717, 1.165) is 11.1 Å². The number of rotatable bonds is 2. The molecule has 88 valence electrons. The quantitative estimate of drug-likeness (QED) is 0.781. The number of phenolic OH excluding ortho intramolecular Hbond substituents is 1. The van der Waals surface area contributed by atoms with Crippen LogP contribution in [0.15, 0.2) is 34.9 Å². The van der Waals surface area contributed by atoms with Crippen LogP contribution in [-0.2, 0) is 0 Å². The molecule has 0 spiro atoms. The molecule has 2 aromatic rings. The van der Waals surface area contributed by atoms with Gasteiger partial charge in [0, 0.05) is 11.3 Å². The van der Waals surface area contributed by atoms with Crippen molar-refractivity contribution in [3.05, 3.63) is 47.4 Å². The molecule has 17 heavy (non-hydrogen) atoms. The second-order valence-electron chi connectivity index (χ2n) is 3.89. The van der Waals surface area contributed by atoms with E-state index in [0.29, 0.717) is 11.4 Å². The molecule has 0 fully saturated rings. The van der Waals surface area contributed by atoms with Crippen LogP contribution < -0.4 is 5.32 Å². The molecule has 4 nitrogen and oxygen atoms in total. The van der Waals surface area contributed by atoms with Gasteiger partial charge in [-0.25, -0.2) is 0 Å². The Morgan fingerprint density at radius 2 is 2.00 bits per heavy atom. The fourth-order valence-electron chi connectivity index (χ4n) is 1.57. The molecule has 2 rings (SSSR count). The number of anilines is 1. The molecular formula is C13H13NO3. The van der Waals surface area contributed by atoms with Crippen LogP contribution in [0.3, 0.4) is 0 Å². The number of phenols is 1. The van der Waals surface area contributed by atoms with Gasteiger partial charge in [-0.3, -0.25) is 4.79 Å². The summed E-state index contributed by atoms with van der Waals surface area (Å²) >= 11 is 0. The first-order valence-corrected chi connectivity index (χ1v) is 5.23. The van der Waals surface area contributed by atoms with Crippen LogP contribution in [0.4, 0.5) is 5.69 Å². The van der Waals surface area contributed by atoms with E-state index in [4.69, 9.17) is 4.42 Å². The summed E-state index contributed by atoms with van der Waals surface area (Å²) in [5.74, 6) is 0.188. The number of carbonyl (C=O) groups excluding carboxylic acids is 1. The summed E-state index contributed by atoms with van der Waals surface area (Å²) in [5.41, 5.74) is 2.24. The van der Waals surface area contributed by atoms with E-state index in [1.54, 1.807) is 18.2 Å². The van der Waals surface area contributed by atoms with E-state index in [1.807, 2.05) is 13.8 Å². The third-order valence-electron chi connectivity index (χ3n) is 2.53. The molecule has 2 N–H and O–H groups in total. The average molecular weight is 231 g/mol. The van der Waals surface area contributed by atoms with Crippen LogP contribution in [0.25, 0.3) is 0 Å². The molecule has 1 heterocycles. The van der Waals surface area contributed by atoms with Crippen molar-refractivity contribution >= 4 is 11.6 Å². The van der Waals surface area contributed by atoms with E-state index < -0.39 is 0 Å². The molecule has 1 amide bonds. The third kappa shape index (κ3) is 2.30. The van der Waals surface area contributed by atoms with Gasteiger partial charge < -0.3 is 14.8 Å². The predicted molar refractivity (Wildman–Crippen MR) is 64.2 cm³/mol. The molecule has 0 aliphatic carbocycles. The molecule has 0 bridgehead atoms. The summed E-state index contributed by atoms with van der Waals surface area (Å²) in [7, 11) is 0. The van der Waals surface area contributed by atoms with E-state index in [2.05, 4.69) is 5.32 Å². The Bertz CT molecular complexity index is 558. The van der Waals surface area contributed by atoms with E-state index in [9.17, 15) is 9.90 Å². The van der Waals surface area contributed by atoms with Gasteiger partial charge in [-0.05, 0) is 43.7 Å². The van der Waals surface area contributed by atoms with Crippen LogP contribution in [0.2, 0.25) is 0 Å². The molecular weight excluding hydrogens is 218 g/mol. The summed E-state index contributed by atoms with van der Waals surface area (Å²) in [5, 5.41) is 12.0. The van der Waals surface area contributed by atoms with Crippen molar-refractivity contribution in [2.75, 3.05) is 5.32 Å². The highest BCUT2D eigenvalue weighted by Crippen LogP contribution is 2.21. The lowest BCUT2D eigenvalue weighted by Gasteiger charge is -2.07. The Hall–Kier alpha value is -2.23. The third-order valence-corrected chi connectivity index (χ3v) is 2.53. The number of aryl methyl sites for hydroxylation is 2. The minimum absolute atomic E-state index is 0.176. The number of furan rings is 1. The summed E-state index contributed by atoms with van der Waals surface area (Å²) in [6.07, 6.45) is 1.48. The lowest BCUT2D eigenvalue weighted by molar-refractivity contribution is 0.0995. The maximum Gasteiger partial charge on any atom is 0.291 e. The number of amides is 1. The van der Waals surface area contributed by atoms with Gasteiger partial charge in [-0.1, -0.05) is 0 Å². The van der Waals surface area contributed by atoms with E-state index in [-0.39, 0.29) is 11.7 Å². The molecule has 1 aromatic heterocycles. The van der Waals surface area contributed by atoms with Gasteiger partial charge in [-0.15, -0.1) is 0 Å². The molecule has 0 aliphatic heterocycles. The lowest BCUT2D eigenvalue weighted by Crippen LogP contribution is -2.12. The Kier molecular flexibility index (Phi) is 2.87. The molecule has 1 aromatic carbocycles. The number of nitrogens with one attached hydrogen (secondary N) is 1.